The number of fused-ring (bicyclic) bond motifs is 1. The van der Waals surface area contributed by atoms with Gasteiger partial charge in [0.2, 0.25) is 15.9 Å². The molecule has 3 aromatic rings. The highest BCUT2D eigenvalue weighted by Gasteiger charge is 2.27. The van der Waals surface area contributed by atoms with Gasteiger partial charge in [0.25, 0.3) is 0 Å². The van der Waals surface area contributed by atoms with Crippen LogP contribution in [0, 0.1) is 6.92 Å². The van der Waals surface area contributed by atoms with Crippen molar-refractivity contribution >= 4 is 43.2 Å². The molecule has 0 unspecified atom stereocenters. The number of para-hydroxylation sites is 2. The predicted octanol–water partition coefficient (Wildman–Crippen LogP) is 3.59. The maximum atomic E-state index is 12.9. The van der Waals surface area contributed by atoms with E-state index in [1.807, 2.05) is 50.2 Å². The van der Waals surface area contributed by atoms with Crippen LogP contribution in [-0.4, -0.2) is 44.1 Å². The Morgan fingerprint density at radius 2 is 1.79 bits per heavy atom. The van der Waals surface area contributed by atoms with E-state index in [-0.39, 0.29) is 18.5 Å². The zero-order valence-corrected chi connectivity index (χ0v) is 17.9. The van der Waals surface area contributed by atoms with E-state index in [9.17, 15) is 13.2 Å². The van der Waals surface area contributed by atoms with E-state index in [1.165, 1.54) is 11.3 Å². The molecule has 0 aliphatic carbocycles. The van der Waals surface area contributed by atoms with Crippen LogP contribution >= 0.6 is 11.3 Å². The number of benzene rings is 2. The molecule has 0 radical (unpaired) electrons. The summed E-state index contributed by atoms with van der Waals surface area (Å²) in [5, 5.41) is 0.818. The number of sulfonamides is 1. The molecule has 0 spiro atoms. The zero-order chi connectivity index (χ0) is 20.5. The number of hydrogen-bond acceptors (Lipinski definition) is 5. The van der Waals surface area contributed by atoms with Crippen LogP contribution in [0.25, 0.3) is 10.2 Å². The standard InChI is InChI=1S/C20H23N3O3S2/c1-14-9-5-7-11-17(14)23(28(4,25)26)13-19(24)22(3)15(2)20-21-16-10-6-8-12-18(16)27-20/h5-12,15H,13H2,1-4H3/t15-/m1/s1. The van der Waals surface area contributed by atoms with Crippen LogP contribution in [-0.2, 0) is 14.8 Å². The molecule has 8 heteroatoms. The van der Waals surface area contributed by atoms with Crippen LogP contribution in [0.5, 0.6) is 0 Å². The van der Waals surface area contributed by atoms with Gasteiger partial charge in [0.15, 0.2) is 0 Å². The minimum atomic E-state index is -3.61. The van der Waals surface area contributed by atoms with Gasteiger partial charge >= 0.3 is 0 Å². The van der Waals surface area contributed by atoms with Crippen molar-refractivity contribution in [1.82, 2.24) is 9.88 Å². The first kappa shape index (κ1) is 20.3. The number of anilines is 1. The summed E-state index contributed by atoms with van der Waals surface area (Å²) in [7, 11) is -1.93. The molecule has 0 saturated heterocycles. The lowest BCUT2D eigenvalue weighted by atomic mass is 10.2. The lowest BCUT2D eigenvalue weighted by molar-refractivity contribution is -0.130. The Morgan fingerprint density at radius 3 is 2.43 bits per heavy atom. The first-order valence-corrected chi connectivity index (χ1v) is 11.5. The number of nitrogens with zero attached hydrogens (tertiary/aromatic N) is 3. The van der Waals surface area contributed by atoms with E-state index in [1.54, 1.807) is 24.1 Å². The van der Waals surface area contributed by atoms with Crippen molar-refractivity contribution in [3.63, 3.8) is 0 Å². The third-order valence-electron chi connectivity index (χ3n) is 4.71. The fourth-order valence-corrected chi connectivity index (χ4v) is 4.88. The second-order valence-corrected chi connectivity index (χ2v) is 9.73. The average molecular weight is 418 g/mol. The molecule has 28 heavy (non-hydrogen) atoms. The zero-order valence-electron chi connectivity index (χ0n) is 16.3. The van der Waals surface area contributed by atoms with Crippen LogP contribution in [0.3, 0.4) is 0 Å². The fraction of sp³-hybridized carbons (Fsp3) is 0.300. The molecule has 0 bridgehead atoms. The number of carbonyl (C=O) groups is 1. The molecule has 0 N–H and O–H groups in total. The van der Waals surface area contributed by atoms with Gasteiger partial charge < -0.3 is 4.90 Å². The number of likely N-dealkylation sites (N-methyl/N-ethyl adjacent to an activating group) is 1. The van der Waals surface area contributed by atoms with Gasteiger partial charge in [-0.3, -0.25) is 9.10 Å². The van der Waals surface area contributed by atoms with E-state index < -0.39 is 10.0 Å². The van der Waals surface area contributed by atoms with E-state index >= 15 is 0 Å². The summed E-state index contributed by atoms with van der Waals surface area (Å²) < 4.78 is 26.9. The maximum Gasteiger partial charge on any atom is 0.243 e. The number of amides is 1. The Balaban J connectivity index is 1.84. The van der Waals surface area contributed by atoms with Gasteiger partial charge in [0.05, 0.1) is 28.2 Å². The molecular formula is C20H23N3O3S2. The minimum absolute atomic E-state index is 0.255. The predicted molar refractivity (Wildman–Crippen MR) is 114 cm³/mol. The lowest BCUT2D eigenvalue weighted by Gasteiger charge is -2.28. The van der Waals surface area contributed by atoms with Gasteiger partial charge in [0.1, 0.15) is 11.6 Å². The van der Waals surface area contributed by atoms with Crippen LogP contribution < -0.4 is 4.31 Å². The van der Waals surface area contributed by atoms with Crippen LogP contribution in [0.2, 0.25) is 0 Å². The minimum Gasteiger partial charge on any atom is -0.335 e. The largest absolute Gasteiger partial charge is 0.335 e. The number of rotatable bonds is 6. The van der Waals surface area contributed by atoms with Crippen molar-refractivity contribution in [2.24, 2.45) is 0 Å². The fourth-order valence-electron chi connectivity index (χ4n) is 2.91. The number of aromatic nitrogens is 1. The Morgan fingerprint density at radius 1 is 1.14 bits per heavy atom. The number of aryl methyl sites for hydroxylation is 1. The third kappa shape index (κ3) is 4.18. The first-order chi connectivity index (χ1) is 13.2. The second-order valence-electron chi connectivity index (χ2n) is 6.76. The Bertz CT molecular complexity index is 1080. The van der Waals surface area contributed by atoms with Gasteiger partial charge in [-0.15, -0.1) is 11.3 Å². The van der Waals surface area contributed by atoms with E-state index in [2.05, 4.69) is 4.98 Å². The van der Waals surface area contributed by atoms with E-state index in [4.69, 9.17) is 0 Å². The molecule has 1 aromatic heterocycles. The van der Waals surface area contributed by atoms with Crippen molar-refractivity contribution in [3.8, 4) is 0 Å². The van der Waals surface area contributed by atoms with Crippen molar-refractivity contribution in [2.75, 3.05) is 24.2 Å². The summed E-state index contributed by atoms with van der Waals surface area (Å²) in [6.07, 6.45) is 1.11. The van der Waals surface area contributed by atoms with Crippen molar-refractivity contribution in [2.45, 2.75) is 19.9 Å². The Kier molecular flexibility index (Phi) is 5.71. The summed E-state index contributed by atoms with van der Waals surface area (Å²) in [6.45, 7) is 3.47. The van der Waals surface area contributed by atoms with Crippen LogP contribution in [0.15, 0.2) is 48.5 Å². The van der Waals surface area contributed by atoms with Crippen LogP contribution in [0.4, 0.5) is 5.69 Å². The number of thiazole rings is 1. The second kappa shape index (κ2) is 7.89. The highest BCUT2D eigenvalue weighted by Crippen LogP contribution is 2.29. The first-order valence-electron chi connectivity index (χ1n) is 8.83. The Hall–Kier alpha value is -2.45. The SMILES string of the molecule is Cc1ccccc1N(CC(=O)N(C)[C@H](C)c1nc2ccccc2s1)S(C)(=O)=O. The van der Waals surface area contributed by atoms with Gasteiger partial charge in [-0.25, -0.2) is 13.4 Å². The van der Waals surface area contributed by atoms with Crippen LogP contribution in [0.1, 0.15) is 23.5 Å². The molecule has 0 fully saturated rings. The van der Waals surface area contributed by atoms with Crippen molar-refractivity contribution in [1.29, 1.82) is 0 Å². The molecule has 1 atom stereocenters. The molecular weight excluding hydrogens is 394 g/mol. The monoisotopic (exact) mass is 417 g/mol. The molecule has 6 nitrogen and oxygen atoms in total. The summed E-state index contributed by atoms with van der Waals surface area (Å²) >= 11 is 1.54. The molecule has 3 rings (SSSR count). The molecule has 0 saturated carbocycles. The highest BCUT2D eigenvalue weighted by molar-refractivity contribution is 7.92. The van der Waals surface area contributed by atoms with Gasteiger partial charge in [-0.1, -0.05) is 30.3 Å². The molecule has 2 aromatic carbocycles. The summed E-state index contributed by atoms with van der Waals surface area (Å²) in [4.78, 5) is 19.1. The van der Waals surface area contributed by atoms with E-state index in [0.717, 1.165) is 31.3 Å². The average Bonchev–Trinajstić information content (AvgIpc) is 3.08. The normalized spacial score (nSPS) is 12.7. The summed E-state index contributed by atoms with van der Waals surface area (Å²) in [5.74, 6) is -0.291. The molecule has 148 valence electrons. The number of hydrogen-bond donors (Lipinski definition) is 0. The Labute approximate surface area is 169 Å². The topological polar surface area (TPSA) is 70.6 Å². The lowest BCUT2D eigenvalue weighted by Crippen LogP contribution is -2.42. The van der Waals surface area contributed by atoms with Gasteiger partial charge in [0, 0.05) is 7.05 Å². The van der Waals surface area contributed by atoms with Gasteiger partial charge in [-0.2, -0.15) is 0 Å². The molecule has 1 heterocycles. The number of carbonyl (C=O) groups excluding carboxylic acids is 1. The summed E-state index contributed by atoms with van der Waals surface area (Å²) in [5.41, 5.74) is 2.20. The molecule has 1 amide bonds. The van der Waals surface area contributed by atoms with E-state index in [0.29, 0.717) is 5.69 Å². The third-order valence-corrected chi connectivity index (χ3v) is 7.04. The summed E-state index contributed by atoms with van der Waals surface area (Å²) in [6, 6.07) is 14.7. The maximum absolute atomic E-state index is 12.9. The smallest absolute Gasteiger partial charge is 0.243 e. The van der Waals surface area contributed by atoms with Crippen molar-refractivity contribution < 1.29 is 13.2 Å². The molecule has 0 aliphatic rings. The molecule has 0 aliphatic heterocycles. The van der Waals surface area contributed by atoms with Crippen molar-refractivity contribution in [3.05, 3.63) is 59.1 Å². The highest BCUT2D eigenvalue weighted by atomic mass is 32.2. The van der Waals surface area contributed by atoms with Gasteiger partial charge in [-0.05, 0) is 37.6 Å². The quantitative estimate of drug-likeness (QED) is 0.615.